The van der Waals surface area contributed by atoms with Crippen LogP contribution >= 0.6 is 0 Å². The number of urea groups is 1. The van der Waals surface area contributed by atoms with Crippen molar-refractivity contribution < 1.29 is 9.59 Å². The van der Waals surface area contributed by atoms with Crippen LogP contribution in [0.5, 0.6) is 0 Å². The molecule has 1 N–H and O–H groups in total. The van der Waals surface area contributed by atoms with Gasteiger partial charge in [0.2, 0.25) is 5.91 Å². The van der Waals surface area contributed by atoms with Gasteiger partial charge in [-0.1, -0.05) is 11.6 Å². The normalized spacial score (nSPS) is 21.4. The molecule has 1 heterocycles. The van der Waals surface area contributed by atoms with Gasteiger partial charge in [0.1, 0.15) is 0 Å². The van der Waals surface area contributed by atoms with Crippen molar-refractivity contribution in [2.24, 2.45) is 0 Å². The summed E-state index contributed by atoms with van der Waals surface area (Å²) >= 11 is 0. The van der Waals surface area contributed by atoms with Crippen LogP contribution in [-0.4, -0.2) is 29.9 Å². The number of rotatable bonds is 3. The Morgan fingerprint density at radius 1 is 1.43 bits per heavy atom. The van der Waals surface area contributed by atoms with Crippen molar-refractivity contribution in [1.29, 1.82) is 0 Å². The van der Waals surface area contributed by atoms with E-state index in [9.17, 15) is 9.59 Å². The standard InChI is InChI=1S/C10H14N2O2/c13-9-7-11-10(14)12(9)6-5-8-3-1-2-4-8/h3H,1-2,4-7H2,(H,11,14). The summed E-state index contributed by atoms with van der Waals surface area (Å²) in [6, 6.07) is -0.242. The molecular formula is C10H14N2O2. The van der Waals surface area contributed by atoms with Crippen LogP contribution in [0.1, 0.15) is 25.7 Å². The molecule has 2 rings (SSSR count). The van der Waals surface area contributed by atoms with Crippen LogP contribution < -0.4 is 5.32 Å². The molecule has 2 aliphatic rings. The number of allylic oxidation sites excluding steroid dienone is 1. The molecule has 14 heavy (non-hydrogen) atoms. The summed E-state index contributed by atoms with van der Waals surface area (Å²) < 4.78 is 0. The molecule has 3 amide bonds. The highest BCUT2D eigenvalue weighted by atomic mass is 16.2. The zero-order valence-electron chi connectivity index (χ0n) is 8.08. The van der Waals surface area contributed by atoms with Crippen LogP contribution in [0.4, 0.5) is 4.79 Å². The number of nitrogens with one attached hydrogen (secondary N) is 1. The number of imide groups is 1. The molecule has 0 aromatic carbocycles. The second kappa shape index (κ2) is 3.82. The monoisotopic (exact) mass is 194 g/mol. The van der Waals surface area contributed by atoms with Crippen LogP contribution in [0.2, 0.25) is 0 Å². The zero-order valence-corrected chi connectivity index (χ0v) is 8.08. The summed E-state index contributed by atoms with van der Waals surface area (Å²) in [6.07, 6.45) is 6.56. The second-order valence-electron chi connectivity index (χ2n) is 3.71. The summed E-state index contributed by atoms with van der Waals surface area (Å²) in [6.45, 7) is 0.703. The lowest BCUT2D eigenvalue weighted by Crippen LogP contribution is -2.31. The lowest BCUT2D eigenvalue weighted by molar-refractivity contribution is -0.124. The van der Waals surface area contributed by atoms with Crippen LogP contribution in [0.3, 0.4) is 0 Å². The van der Waals surface area contributed by atoms with E-state index in [1.54, 1.807) is 0 Å². The average molecular weight is 194 g/mol. The van der Waals surface area contributed by atoms with Crippen molar-refractivity contribution in [3.63, 3.8) is 0 Å². The van der Waals surface area contributed by atoms with E-state index in [0.29, 0.717) is 6.54 Å². The summed E-state index contributed by atoms with van der Waals surface area (Å²) in [5.41, 5.74) is 1.39. The van der Waals surface area contributed by atoms with Gasteiger partial charge < -0.3 is 5.32 Å². The molecule has 4 heteroatoms. The fourth-order valence-electron chi connectivity index (χ4n) is 1.90. The predicted molar refractivity (Wildman–Crippen MR) is 51.7 cm³/mol. The maximum absolute atomic E-state index is 11.2. The fourth-order valence-corrected chi connectivity index (χ4v) is 1.90. The Balaban J connectivity index is 1.85. The Hall–Kier alpha value is -1.32. The summed E-state index contributed by atoms with van der Waals surface area (Å²) in [5, 5.41) is 2.51. The van der Waals surface area contributed by atoms with E-state index >= 15 is 0 Å². The van der Waals surface area contributed by atoms with Crippen LogP contribution in [0.25, 0.3) is 0 Å². The first-order valence-corrected chi connectivity index (χ1v) is 5.03. The van der Waals surface area contributed by atoms with Gasteiger partial charge in [0.05, 0.1) is 6.54 Å². The van der Waals surface area contributed by atoms with Gasteiger partial charge in [-0.2, -0.15) is 0 Å². The van der Waals surface area contributed by atoms with E-state index in [1.807, 2.05) is 0 Å². The molecule has 0 unspecified atom stereocenters. The number of carbonyl (C=O) groups is 2. The summed E-state index contributed by atoms with van der Waals surface area (Å²) in [5.74, 6) is -0.103. The molecule has 76 valence electrons. The molecule has 0 spiro atoms. The molecule has 0 saturated carbocycles. The molecule has 1 aliphatic carbocycles. The van der Waals surface area contributed by atoms with Crippen LogP contribution in [-0.2, 0) is 4.79 Å². The highest BCUT2D eigenvalue weighted by Crippen LogP contribution is 2.20. The Morgan fingerprint density at radius 2 is 2.29 bits per heavy atom. The number of amides is 3. The van der Waals surface area contributed by atoms with Crippen molar-refractivity contribution in [3.8, 4) is 0 Å². The summed E-state index contributed by atoms with van der Waals surface area (Å²) in [7, 11) is 0. The molecule has 0 radical (unpaired) electrons. The summed E-state index contributed by atoms with van der Waals surface area (Å²) in [4.78, 5) is 23.7. The maximum atomic E-state index is 11.2. The lowest BCUT2D eigenvalue weighted by atomic mass is 10.1. The highest BCUT2D eigenvalue weighted by Gasteiger charge is 2.27. The SMILES string of the molecule is O=C1CNC(=O)N1CCC1=CCCC1. The number of carbonyl (C=O) groups excluding carboxylic acids is 2. The van der Waals surface area contributed by atoms with Crippen LogP contribution in [0, 0.1) is 0 Å². The largest absolute Gasteiger partial charge is 0.329 e. The van der Waals surface area contributed by atoms with Gasteiger partial charge in [0, 0.05) is 6.54 Å². The molecule has 0 bridgehead atoms. The minimum atomic E-state index is -0.242. The zero-order chi connectivity index (χ0) is 9.97. The van der Waals surface area contributed by atoms with Crippen molar-refractivity contribution >= 4 is 11.9 Å². The quantitative estimate of drug-likeness (QED) is 0.539. The minimum absolute atomic E-state index is 0.103. The smallest absolute Gasteiger partial charge is 0.324 e. The van der Waals surface area contributed by atoms with Gasteiger partial charge in [0.15, 0.2) is 0 Å². The number of hydrogen-bond acceptors (Lipinski definition) is 2. The van der Waals surface area contributed by atoms with Gasteiger partial charge in [-0.05, 0) is 25.7 Å². The van der Waals surface area contributed by atoms with Crippen molar-refractivity contribution in [1.82, 2.24) is 10.2 Å². The maximum Gasteiger partial charge on any atom is 0.324 e. The first-order valence-electron chi connectivity index (χ1n) is 5.03. The number of nitrogens with zero attached hydrogens (tertiary/aromatic N) is 1. The van der Waals surface area contributed by atoms with Gasteiger partial charge in [0.25, 0.3) is 0 Å². The van der Waals surface area contributed by atoms with E-state index in [4.69, 9.17) is 0 Å². The average Bonchev–Trinajstić information content (AvgIpc) is 2.76. The molecule has 1 aliphatic heterocycles. The molecule has 0 aromatic rings. The third-order valence-corrected chi connectivity index (χ3v) is 2.73. The molecule has 4 nitrogen and oxygen atoms in total. The molecule has 0 aromatic heterocycles. The minimum Gasteiger partial charge on any atom is -0.329 e. The molecular weight excluding hydrogens is 180 g/mol. The highest BCUT2D eigenvalue weighted by molar-refractivity contribution is 6.01. The predicted octanol–water partition coefficient (Wildman–Crippen LogP) is 1.04. The lowest BCUT2D eigenvalue weighted by Gasteiger charge is -2.12. The van der Waals surface area contributed by atoms with E-state index in [1.165, 1.54) is 16.9 Å². The van der Waals surface area contributed by atoms with Crippen molar-refractivity contribution in [2.75, 3.05) is 13.1 Å². The van der Waals surface area contributed by atoms with Gasteiger partial charge in [-0.25, -0.2) is 4.79 Å². The van der Waals surface area contributed by atoms with Crippen molar-refractivity contribution in [2.45, 2.75) is 25.7 Å². The molecule has 0 atom stereocenters. The van der Waals surface area contributed by atoms with E-state index < -0.39 is 0 Å². The van der Waals surface area contributed by atoms with Gasteiger partial charge >= 0.3 is 6.03 Å². The Kier molecular flexibility index (Phi) is 2.52. The molecule has 1 fully saturated rings. The van der Waals surface area contributed by atoms with E-state index in [0.717, 1.165) is 19.3 Å². The topological polar surface area (TPSA) is 49.4 Å². The van der Waals surface area contributed by atoms with E-state index in [-0.39, 0.29) is 18.5 Å². The van der Waals surface area contributed by atoms with Crippen LogP contribution in [0.15, 0.2) is 11.6 Å². The number of hydrogen-bond donors (Lipinski definition) is 1. The first kappa shape index (κ1) is 9.24. The third-order valence-electron chi connectivity index (χ3n) is 2.73. The third kappa shape index (κ3) is 1.78. The Morgan fingerprint density at radius 3 is 2.86 bits per heavy atom. The molecule has 1 saturated heterocycles. The first-order chi connectivity index (χ1) is 6.77. The Bertz CT molecular complexity index is 280. The van der Waals surface area contributed by atoms with Crippen molar-refractivity contribution in [3.05, 3.63) is 11.6 Å². The van der Waals surface area contributed by atoms with E-state index in [2.05, 4.69) is 11.4 Å². The van der Waals surface area contributed by atoms with Gasteiger partial charge in [-0.15, -0.1) is 0 Å². The second-order valence-corrected chi connectivity index (χ2v) is 3.71. The van der Waals surface area contributed by atoms with Gasteiger partial charge in [-0.3, -0.25) is 9.69 Å². The Labute approximate surface area is 83.0 Å². The fraction of sp³-hybridized carbons (Fsp3) is 0.600.